The van der Waals surface area contributed by atoms with Gasteiger partial charge >= 0.3 is 4.87 Å². The van der Waals surface area contributed by atoms with Crippen molar-refractivity contribution in [1.29, 1.82) is 0 Å². The molecule has 0 aromatic carbocycles. The van der Waals surface area contributed by atoms with Crippen molar-refractivity contribution in [3.63, 3.8) is 0 Å². The van der Waals surface area contributed by atoms with E-state index < -0.39 is 0 Å². The fraction of sp³-hybridized carbons (Fsp3) is 0.643. The molecule has 2 heterocycles. The van der Waals surface area contributed by atoms with Crippen LogP contribution in [0.1, 0.15) is 32.4 Å². The highest BCUT2D eigenvalue weighted by Gasteiger charge is 2.17. The molecule has 0 bridgehead atoms. The van der Waals surface area contributed by atoms with Crippen molar-refractivity contribution >= 4 is 11.3 Å². The number of H-pyrrole nitrogens is 1. The Morgan fingerprint density at radius 3 is 2.84 bits per heavy atom. The van der Waals surface area contributed by atoms with Gasteiger partial charge in [-0.1, -0.05) is 23.0 Å². The number of aromatic amines is 1. The fourth-order valence-electron chi connectivity index (χ4n) is 2.29. The van der Waals surface area contributed by atoms with E-state index in [0.717, 1.165) is 31.9 Å². The molecular weight excluding hydrogens is 258 g/mol. The van der Waals surface area contributed by atoms with Crippen molar-refractivity contribution in [1.82, 2.24) is 15.2 Å². The van der Waals surface area contributed by atoms with Crippen LogP contribution in [0.4, 0.5) is 0 Å². The second-order valence-electron chi connectivity index (χ2n) is 5.41. The first-order valence-corrected chi connectivity index (χ1v) is 7.77. The van der Waals surface area contributed by atoms with Crippen LogP contribution in [0.3, 0.4) is 0 Å². The van der Waals surface area contributed by atoms with Crippen LogP contribution >= 0.6 is 11.3 Å². The van der Waals surface area contributed by atoms with E-state index >= 15 is 0 Å². The summed E-state index contributed by atoms with van der Waals surface area (Å²) in [6.45, 7) is 8.46. The van der Waals surface area contributed by atoms with Crippen LogP contribution in [0.2, 0.25) is 0 Å². The van der Waals surface area contributed by atoms with E-state index in [4.69, 9.17) is 0 Å². The van der Waals surface area contributed by atoms with Gasteiger partial charge in [0.05, 0.1) is 0 Å². The smallest absolute Gasteiger partial charge is 0.304 e. The molecule has 106 valence electrons. The Bertz CT molecular complexity index is 465. The molecule has 0 unspecified atom stereocenters. The summed E-state index contributed by atoms with van der Waals surface area (Å²) in [5, 5.41) is 5.43. The maximum absolute atomic E-state index is 11.0. The van der Waals surface area contributed by atoms with Gasteiger partial charge in [0.25, 0.3) is 0 Å². The second kappa shape index (κ2) is 7.03. The zero-order chi connectivity index (χ0) is 13.7. The summed E-state index contributed by atoms with van der Waals surface area (Å²) >= 11 is 1.23. The van der Waals surface area contributed by atoms with Gasteiger partial charge in [-0.15, -0.1) is 0 Å². The van der Waals surface area contributed by atoms with Crippen LogP contribution < -0.4 is 10.2 Å². The molecular formula is C14H23N3OS. The van der Waals surface area contributed by atoms with Crippen LogP contribution in [0.25, 0.3) is 0 Å². The van der Waals surface area contributed by atoms with Crippen LogP contribution in [0, 0.1) is 0 Å². The lowest BCUT2D eigenvalue weighted by Gasteiger charge is -2.31. The van der Waals surface area contributed by atoms with Gasteiger partial charge in [0.1, 0.15) is 0 Å². The molecule has 5 heteroatoms. The summed E-state index contributed by atoms with van der Waals surface area (Å²) in [4.78, 5) is 16.4. The highest BCUT2D eigenvalue weighted by molar-refractivity contribution is 7.07. The number of piperidine rings is 1. The lowest BCUT2D eigenvalue weighted by Crippen LogP contribution is -2.42. The quantitative estimate of drug-likeness (QED) is 0.811. The molecule has 0 radical (unpaired) electrons. The van der Waals surface area contributed by atoms with Crippen molar-refractivity contribution in [2.45, 2.75) is 39.3 Å². The van der Waals surface area contributed by atoms with Crippen LogP contribution in [-0.2, 0) is 6.54 Å². The normalized spacial score (nSPS) is 17.6. The van der Waals surface area contributed by atoms with Crippen molar-refractivity contribution in [2.24, 2.45) is 0 Å². The Kier molecular flexibility index (Phi) is 5.36. The zero-order valence-corrected chi connectivity index (χ0v) is 12.6. The van der Waals surface area contributed by atoms with Gasteiger partial charge in [-0.05, 0) is 39.8 Å². The highest BCUT2D eigenvalue weighted by atomic mass is 32.1. The summed E-state index contributed by atoms with van der Waals surface area (Å²) in [7, 11) is 0. The number of aromatic nitrogens is 1. The molecule has 1 saturated heterocycles. The van der Waals surface area contributed by atoms with E-state index in [1.807, 2.05) is 5.38 Å². The Morgan fingerprint density at radius 1 is 1.53 bits per heavy atom. The Morgan fingerprint density at radius 2 is 2.26 bits per heavy atom. The van der Waals surface area contributed by atoms with Crippen molar-refractivity contribution in [3.8, 4) is 0 Å². The molecule has 0 amide bonds. The van der Waals surface area contributed by atoms with Crippen LogP contribution in [0.15, 0.2) is 21.8 Å². The Balaban J connectivity index is 1.68. The van der Waals surface area contributed by atoms with E-state index in [9.17, 15) is 4.79 Å². The van der Waals surface area contributed by atoms with E-state index in [2.05, 4.69) is 35.1 Å². The van der Waals surface area contributed by atoms with Gasteiger partial charge in [0.2, 0.25) is 0 Å². The molecule has 2 N–H and O–H groups in total. The molecule has 4 nitrogen and oxygen atoms in total. The molecule has 2 rings (SSSR count). The molecule has 0 atom stereocenters. The van der Waals surface area contributed by atoms with Gasteiger partial charge in [0, 0.05) is 30.2 Å². The largest absolute Gasteiger partial charge is 0.315 e. The summed E-state index contributed by atoms with van der Waals surface area (Å²) in [5.74, 6) is 0. The molecule has 1 aliphatic heterocycles. The van der Waals surface area contributed by atoms with E-state index in [1.165, 1.54) is 29.8 Å². The van der Waals surface area contributed by atoms with E-state index in [1.54, 1.807) is 0 Å². The minimum Gasteiger partial charge on any atom is -0.315 e. The van der Waals surface area contributed by atoms with Crippen molar-refractivity contribution in [2.75, 3.05) is 19.6 Å². The number of likely N-dealkylation sites (tertiary alicyclic amines) is 1. The van der Waals surface area contributed by atoms with E-state index in [-0.39, 0.29) is 4.87 Å². The zero-order valence-electron chi connectivity index (χ0n) is 11.7. The fourth-order valence-corrected chi connectivity index (χ4v) is 2.87. The maximum Gasteiger partial charge on any atom is 0.304 e. The van der Waals surface area contributed by atoms with Gasteiger partial charge in [0.15, 0.2) is 0 Å². The average molecular weight is 281 g/mol. The first kappa shape index (κ1) is 14.5. The molecule has 1 aromatic rings. The predicted molar refractivity (Wildman–Crippen MR) is 80.7 cm³/mol. The van der Waals surface area contributed by atoms with Crippen LogP contribution in [-0.4, -0.2) is 35.6 Å². The molecule has 19 heavy (non-hydrogen) atoms. The lowest BCUT2D eigenvalue weighted by molar-refractivity contribution is 0.214. The number of thiazole rings is 1. The van der Waals surface area contributed by atoms with Gasteiger partial charge in [-0.25, -0.2) is 0 Å². The minimum absolute atomic E-state index is 0.0355. The SMILES string of the molecule is CC(C)=CCN1CCC(NCc2csc(=O)[nH]2)CC1. The predicted octanol–water partition coefficient (Wildman–Crippen LogP) is 1.96. The van der Waals surface area contributed by atoms with E-state index in [0.29, 0.717) is 6.04 Å². The Labute approximate surface area is 118 Å². The number of hydrogen-bond donors (Lipinski definition) is 2. The second-order valence-corrected chi connectivity index (χ2v) is 6.25. The maximum atomic E-state index is 11.0. The molecule has 0 aliphatic carbocycles. The summed E-state index contributed by atoms with van der Waals surface area (Å²) in [6.07, 6.45) is 4.67. The average Bonchev–Trinajstić information content (AvgIpc) is 2.81. The first-order chi connectivity index (χ1) is 9.13. The lowest BCUT2D eigenvalue weighted by atomic mass is 10.0. The number of nitrogens with zero attached hydrogens (tertiary/aromatic N) is 1. The standard InChI is InChI=1S/C14H23N3OS/c1-11(2)3-6-17-7-4-12(5-8-17)15-9-13-10-19-14(18)16-13/h3,10,12,15H,4-9H2,1-2H3,(H,16,18). The number of rotatable bonds is 5. The van der Waals surface area contributed by atoms with Crippen molar-refractivity contribution < 1.29 is 0 Å². The molecule has 0 saturated carbocycles. The number of hydrogen-bond acceptors (Lipinski definition) is 4. The summed E-state index contributed by atoms with van der Waals surface area (Å²) in [5.41, 5.74) is 2.39. The number of allylic oxidation sites excluding steroid dienone is 1. The van der Waals surface area contributed by atoms with Crippen molar-refractivity contribution in [3.05, 3.63) is 32.4 Å². The number of nitrogens with one attached hydrogen (secondary N) is 2. The third-order valence-corrected chi connectivity index (χ3v) is 4.22. The molecule has 0 spiro atoms. The van der Waals surface area contributed by atoms with Gasteiger partial charge in [-0.2, -0.15) is 0 Å². The Hall–Kier alpha value is -0.910. The minimum atomic E-state index is 0.0355. The first-order valence-electron chi connectivity index (χ1n) is 6.89. The third-order valence-electron chi connectivity index (χ3n) is 3.50. The highest BCUT2D eigenvalue weighted by Crippen LogP contribution is 2.11. The molecule has 1 aliphatic rings. The summed E-state index contributed by atoms with van der Waals surface area (Å²) < 4.78 is 0. The third kappa shape index (κ3) is 4.93. The topological polar surface area (TPSA) is 48.1 Å². The van der Waals surface area contributed by atoms with Crippen LogP contribution in [0.5, 0.6) is 0 Å². The monoisotopic (exact) mass is 281 g/mol. The molecule has 1 fully saturated rings. The molecule has 1 aromatic heterocycles. The van der Waals surface area contributed by atoms with Gasteiger partial charge in [-0.3, -0.25) is 9.69 Å². The summed E-state index contributed by atoms with van der Waals surface area (Å²) in [6, 6.07) is 0.575. The van der Waals surface area contributed by atoms with Gasteiger partial charge < -0.3 is 10.3 Å².